The van der Waals surface area contributed by atoms with E-state index in [0.29, 0.717) is 18.9 Å². The van der Waals surface area contributed by atoms with E-state index in [1.807, 2.05) is 49.4 Å². The Hall–Kier alpha value is -1.52. The van der Waals surface area contributed by atoms with Crippen LogP contribution in [0.2, 0.25) is 0 Å². The maximum absolute atomic E-state index is 6.02. The molecular formula is C16H18BrNO2. The summed E-state index contributed by atoms with van der Waals surface area (Å²) in [5.74, 6) is 2.26. The predicted octanol–water partition coefficient (Wildman–Crippen LogP) is 4.14. The van der Waals surface area contributed by atoms with E-state index in [9.17, 15) is 0 Å². The van der Waals surface area contributed by atoms with Crippen LogP contribution in [0.5, 0.6) is 17.2 Å². The molecule has 0 amide bonds. The fourth-order valence-electron chi connectivity index (χ4n) is 1.91. The Morgan fingerprint density at radius 1 is 1.05 bits per heavy atom. The van der Waals surface area contributed by atoms with Crippen molar-refractivity contribution in [1.82, 2.24) is 0 Å². The highest BCUT2D eigenvalue weighted by molar-refractivity contribution is 9.10. The largest absolute Gasteiger partial charge is 0.490 e. The van der Waals surface area contributed by atoms with Crippen molar-refractivity contribution in [1.29, 1.82) is 0 Å². The third kappa shape index (κ3) is 3.74. The van der Waals surface area contributed by atoms with Crippen LogP contribution in [0.15, 0.2) is 46.9 Å². The summed E-state index contributed by atoms with van der Waals surface area (Å²) in [5, 5.41) is 0. The molecule has 0 bridgehead atoms. The highest BCUT2D eigenvalue weighted by Crippen LogP contribution is 2.34. The summed E-state index contributed by atoms with van der Waals surface area (Å²) in [6.07, 6.45) is 0.777. The molecule has 0 saturated carbocycles. The minimum absolute atomic E-state index is 0.588. The van der Waals surface area contributed by atoms with Crippen molar-refractivity contribution < 1.29 is 9.47 Å². The van der Waals surface area contributed by atoms with Gasteiger partial charge in [0.05, 0.1) is 6.61 Å². The normalized spacial score (nSPS) is 10.3. The summed E-state index contributed by atoms with van der Waals surface area (Å²) in [6.45, 7) is 3.15. The van der Waals surface area contributed by atoms with Crippen molar-refractivity contribution in [3.8, 4) is 17.2 Å². The van der Waals surface area contributed by atoms with Gasteiger partial charge in [-0.2, -0.15) is 0 Å². The first-order valence-electron chi connectivity index (χ1n) is 6.62. The van der Waals surface area contributed by atoms with Crippen LogP contribution in [0.25, 0.3) is 0 Å². The molecule has 2 N–H and O–H groups in total. The second-order valence-electron chi connectivity index (χ2n) is 4.27. The summed E-state index contributed by atoms with van der Waals surface area (Å²) < 4.78 is 12.6. The van der Waals surface area contributed by atoms with Crippen LogP contribution in [-0.4, -0.2) is 13.2 Å². The fourth-order valence-corrected chi connectivity index (χ4v) is 2.25. The van der Waals surface area contributed by atoms with Gasteiger partial charge >= 0.3 is 0 Å². The van der Waals surface area contributed by atoms with Crippen molar-refractivity contribution in [2.45, 2.75) is 13.3 Å². The van der Waals surface area contributed by atoms with Gasteiger partial charge in [-0.1, -0.05) is 34.1 Å². The summed E-state index contributed by atoms with van der Waals surface area (Å²) >= 11 is 3.47. The number of ether oxygens (including phenoxy) is 2. The lowest BCUT2D eigenvalue weighted by Crippen LogP contribution is -2.04. The van der Waals surface area contributed by atoms with Gasteiger partial charge in [-0.05, 0) is 49.7 Å². The predicted molar refractivity (Wildman–Crippen MR) is 84.6 cm³/mol. The van der Waals surface area contributed by atoms with Gasteiger partial charge in [-0.25, -0.2) is 0 Å². The van der Waals surface area contributed by atoms with Crippen LogP contribution in [0.3, 0.4) is 0 Å². The molecule has 0 unspecified atom stereocenters. The van der Waals surface area contributed by atoms with Gasteiger partial charge in [-0.3, -0.25) is 0 Å². The molecule has 0 radical (unpaired) electrons. The lowest BCUT2D eigenvalue weighted by atomic mass is 10.1. The minimum atomic E-state index is 0.588. The summed E-state index contributed by atoms with van der Waals surface area (Å²) in [5.41, 5.74) is 6.73. The summed E-state index contributed by atoms with van der Waals surface area (Å²) in [6, 6.07) is 13.6. The molecule has 20 heavy (non-hydrogen) atoms. The van der Waals surface area contributed by atoms with Crippen molar-refractivity contribution in [3.05, 3.63) is 52.5 Å². The molecule has 0 saturated heterocycles. The number of halogens is 1. The van der Waals surface area contributed by atoms with Crippen molar-refractivity contribution >= 4 is 15.9 Å². The van der Waals surface area contributed by atoms with Gasteiger partial charge in [0, 0.05) is 4.47 Å². The van der Waals surface area contributed by atoms with Crippen LogP contribution in [0.4, 0.5) is 0 Å². The van der Waals surface area contributed by atoms with Crippen molar-refractivity contribution in [3.63, 3.8) is 0 Å². The number of benzene rings is 2. The smallest absolute Gasteiger partial charge is 0.169 e. The molecule has 106 valence electrons. The number of nitrogens with two attached hydrogens (primary N) is 1. The first-order valence-corrected chi connectivity index (χ1v) is 7.42. The zero-order valence-electron chi connectivity index (χ0n) is 11.4. The number of rotatable bonds is 6. The molecule has 0 spiro atoms. The lowest BCUT2D eigenvalue weighted by Gasteiger charge is -2.14. The summed E-state index contributed by atoms with van der Waals surface area (Å²) in [7, 11) is 0. The Balaban J connectivity index is 2.31. The molecule has 0 aliphatic carbocycles. The quantitative estimate of drug-likeness (QED) is 0.862. The number of hydrogen-bond acceptors (Lipinski definition) is 3. The van der Waals surface area contributed by atoms with Gasteiger partial charge in [0.2, 0.25) is 0 Å². The highest BCUT2D eigenvalue weighted by Gasteiger charge is 2.09. The molecule has 0 fully saturated rings. The second kappa shape index (κ2) is 7.31. The third-order valence-electron chi connectivity index (χ3n) is 2.81. The molecule has 0 aliphatic rings. The van der Waals surface area contributed by atoms with Gasteiger partial charge < -0.3 is 15.2 Å². The maximum atomic E-state index is 6.02. The van der Waals surface area contributed by atoms with Crippen LogP contribution in [0, 0.1) is 0 Å². The van der Waals surface area contributed by atoms with Crippen LogP contribution < -0.4 is 15.2 Å². The Kier molecular flexibility index (Phi) is 5.44. The molecular weight excluding hydrogens is 318 g/mol. The average molecular weight is 336 g/mol. The number of para-hydroxylation sites is 2. The molecule has 2 aromatic rings. The van der Waals surface area contributed by atoms with E-state index in [-0.39, 0.29) is 0 Å². The molecule has 2 rings (SSSR count). The van der Waals surface area contributed by atoms with Crippen LogP contribution >= 0.6 is 15.9 Å². The molecule has 2 aromatic carbocycles. The van der Waals surface area contributed by atoms with Gasteiger partial charge in [0.1, 0.15) is 5.75 Å². The molecule has 0 aliphatic heterocycles. The zero-order chi connectivity index (χ0) is 14.4. The Labute approximate surface area is 127 Å². The van der Waals surface area contributed by atoms with Crippen LogP contribution in [0.1, 0.15) is 12.5 Å². The fraction of sp³-hybridized carbons (Fsp3) is 0.250. The maximum Gasteiger partial charge on any atom is 0.169 e. The van der Waals surface area contributed by atoms with Gasteiger partial charge in [0.25, 0.3) is 0 Å². The van der Waals surface area contributed by atoms with Crippen LogP contribution in [-0.2, 0) is 6.42 Å². The minimum Gasteiger partial charge on any atom is -0.490 e. The summed E-state index contributed by atoms with van der Waals surface area (Å²) in [4.78, 5) is 0. The van der Waals surface area contributed by atoms with Gasteiger partial charge in [0.15, 0.2) is 11.5 Å². The Bertz CT molecular complexity index is 572. The van der Waals surface area contributed by atoms with E-state index in [4.69, 9.17) is 15.2 Å². The third-order valence-corrected chi connectivity index (χ3v) is 3.31. The molecule has 3 nitrogen and oxygen atoms in total. The van der Waals surface area contributed by atoms with Gasteiger partial charge in [-0.15, -0.1) is 0 Å². The van der Waals surface area contributed by atoms with E-state index in [1.165, 1.54) is 0 Å². The average Bonchev–Trinajstić information content (AvgIpc) is 2.44. The SMILES string of the molecule is CCOc1ccccc1Oc1cc(Br)ccc1CCN. The van der Waals surface area contributed by atoms with Crippen molar-refractivity contribution in [2.24, 2.45) is 5.73 Å². The second-order valence-corrected chi connectivity index (χ2v) is 5.19. The first-order chi connectivity index (χ1) is 9.74. The first kappa shape index (κ1) is 14.9. The van der Waals surface area contributed by atoms with E-state index < -0.39 is 0 Å². The van der Waals surface area contributed by atoms with Crippen molar-refractivity contribution in [2.75, 3.05) is 13.2 Å². The molecule has 0 aromatic heterocycles. The van der Waals surface area contributed by atoms with E-state index in [2.05, 4.69) is 15.9 Å². The zero-order valence-corrected chi connectivity index (χ0v) is 13.0. The Morgan fingerprint density at radius 2 is 1.80 bits per heavy atom. The van der Waals surface area contributed by atoms with E-state index in [1.54, 1.807) is 0 Å². The monoisotopic (exact) mass is 335 g/mol. The molecule has 4 heteroatoms. The topological polar surface area (TPSA) is 44.5 Å². The van der Waals surface area contributed by atoms with E-state index >= 15 is 0 Å². The number of hydrogen-bond donors (Lipinski definition) is 1. The van der Waals surface area contributed by atoms with E-state index in [0.717, 1.165) is 28.0 Å². The standard InChI is InChI=1S/C16H18BrNO2/c1-2-19-14-5-3-4-6-15(14)20-16-11-13(17)8-7-12(16)9-10-18/h3-8,11H,2,9-10,18H2,1H3. The Morgan fingerprint density at radius 3 is 2.50 bits per heavy atom. The molecule has 0 atom stereocenters. The molecule has 0 heterocycles. The highest BCUT2D eigenvalue weighted by atomic mass is 79.9. The lowest BCUT2D eigenvalue weighted by molar-refractivity contribution is 0.321.